The van der Waals surface area contributed by atoms with Gasteiger partial charge >= 0.3 is 0 Å². The number of nitrogens with zero attached hydrogens (tertiary/aromatic N) is 1. The zero-order valence-corrected chi connectivity index (χ0v) is 11.4. The van der Waals surface area contributed by atoms with Crippen molar-refractivity contribution in [2.75, 3.05) is 31.1 Å². The molecular weight excluding hydrogens is 204 g/mol. The molecule has 0 radical (unpaired) electrons. The van der Waals surface area contributed by atoms with Crippen molar-refractivity contribution in [3.8, 4) is 0 Å². The first-order valence-corrected chi connectivity index (χ1v) is 7.36. The first-order chi connectivity index (χ1) is 7.16. The average Bonchev–Trinajstić information content (AvgIpc) is 2.25. The van der Waals surface area contributed by atoms with E-state index in [4.69, 9.17) is 0 Å². The van der Waals surface area contributed by atoms with Crippen molar-refractivity contribution in [2.45, 2.75) is 39.8 Å². The lowest BCUT2D eigenvalue weighted by molar-refractivity contribution is 0.0942. The number of nitrogens with one attached hydrogen (secondary N) is 1. The van der Waals surface area contributed by atoms with Gasteiger partial charge in [0, 0.05) is 37.5 Å². The van der Waals surface area contributed by atoms with Crippen molar-refractivity contribution in [1.29, 1.82) is 0 Å². The van der Waals surface area contributed by atoms with Crippen molar-refractivity contribution >= 4 is 11.8 Å². The van der Waals surface area contributed by atoms with Gasteiger partial charge < -0.3 is 5.32 Å². The first kappa shape index (κ1) is 13.3. The molecule has 1 rings (SSSR count). The van der Waals surface area contributed by atoms with Crippen molar-refractivity contribution in [3.05, 3.63) is 0 Å². The van der Waals surface area contributed by atoms with Crippen LogP contribution < -0.4 is 5.32 Å². The third-order valence-corrected chi connectivity index (χ3v) is 4.35. The molecule has 1 N–H and O–H groups in total. The van der Waals surface area contributed by atoms with Crippen LogP contribution in [0.15, 0.2) is 0 Å². The summed E-state index contributed by atoms with van der Waals surface area (Å²) in [6, 6.07) is 1.45. The van der Waals surface area contributed by atoms with E-state index in [1.807, 2.05) is 0 Å². The summed E-state index contributed by atoms with van der Waals surface area (Å²) in [4.78, 5) is 2.70. The summed E-state index contributed by atoms with van der Waals surface area (Å²) in [5.41, 5.74) is 0. The fraction of sp³-hybridized carbons (Fsp3) is 1.00. The summed E-state index contributed by atoms with van der Waals surface area (Å²) in [6.07, 6.45) is 0. The van der Waals surface area contributed by atoms with Gasteiger partial charge in [0.1, 0.15) is 0 Å². The minimum atomic E-state index is 0.726. The largest absolute Gasteiger partial charge is 0.314 e. The molecule has 2 nitrogen and oxygen atoms in total. The molecule has 0 spiro atoms. The van der Waals surface area contributed by atoms with Gasteiger partial charge in [-0.1, -0.05) is 20.8 Å². The maximum absolute atomic E-state index is 3.51. The van der Waals surface area contributed by atoms with Gasteiger partial charge in [-0.25, -0.2) is 0 Å². The molecule has 0 saturated carbocycles. The third kappa shape index (κ3) is 3.97. The highest BCUT2D eigenvalue weighted by atomic mass is 32.2. The highest BCUT2D eigenvalue weighted by Crippen LogP contribution is 2.18. The Hall–Kier alpha value is 0.270. The maximum atomic E-state index is 3.51. The van der Waals surface area contributed by atoms with E-state index < -0.39 is 0 Å². The van der Waals surface area contributed by atoms with Gasteiger partial charge in [-0.3, -0.25) is 4.90 Å². The van der Waals surface area contributed by atoms with E-state index >= 15 is 0 Å². The molecule has 0 amide bonds. The van der Waals surface area contributed by atoms with Crippen molar-refractivity contribution < 1.29 is 0 Å². The van der Waals surface area contributed by atoms with Gasteiger partial charge in [-0.2, -0.15) is 11.8 Å². The molecule has 2 unspecified atom stereocenters. The highest BCUT2D eigenvalue weighted by molar-refractivity contribution is 7.99. The second kappa shape index (κ2) is 6.77. The van der Waals surface area contributed by atoms with E-state index in [0.29, 0.717) is 0 Å². The van der Waals surface area contributed by atoms with Crippen LogP contribution >= 0.6 is 11.8 Å². The van der Waals surface area contributed by atoms with E-state index in [9.17, 15) is 0 Å². The Balaban J connectivity index is 2.47. The zero-order chi connectivity index (χ0) is 11.3. The molecule has 0 bridgehead atoms. The quantitative estimate of drug-likeness (QED) is 0.778. The van der Waals surface area contributed by atoms with Crippen LogP contribution in [0.5, 0.6) is 0 Å². The zero-order valence-electron chi connectivity index (χ0n) is 10.6. The molecule has 15 heavy (non-hydrogen) atoms. The van der Waals surface area contributed by atoms with Crippen LogP contribution in [0.4, 0.5) is 0 Å². The molecule has 90 valence electrons. The first-order valence-electron chi connectivity index (χ1n) is 6.21. The van der Waals surface area contributed by atoms with E-state index in [1.165, 1.54) is 24.6 Å². The predicted octanol–water partition coefficient (Wildman–Crippen LogP) is 2.06. The Bertz CT molecular complexity index is 173. The topological polar surface area (TPSA) is 15.3 Å². The molecular formula is C12H26N2S. The van der Waals surface area contributed by atoms with E-state index in [2.05, 4.69) is 49.7 Å². The lowest BCUT2D eigenvalue weighted by Gasteiger charge is -2.42. The minimum Gasteiger partial charge on any atom is -0.314 e. The fourth-order valence-electron chi connectivity index (χ4n) is 2.29. The Morgan fingerprint density at radius 3 is 2.73 bits per heavy atom. The maximum Gasteiger partial charge on any atom is 0.0247 e. The summed E-state index contributed by atoms with van der Waals surface area (Å²) < 4.78 is 0. The molecule has 0 aromatic rings. The number of piperazine rings is 1. The summed E-state index contributed by atoms with van der Waals surface area (Å²) in [6.45, 7) is 12.8. The standard InChI is InChI=1S/C12H26N2S/c1-5-15-9-11(4)14-7-6-13-8-12(14)10(2)3/h10-13H,5-9H2,1-4H3. The van der Waals surface area contributed by atoms with Gasteiger partial charge in [0.15, 0.2) is 0 Å². The molecule has 1 heterocycles. The van der Waals surface area contributed by atoms with Crippen LogP contribution in [0.3, 0.4) is 0 Å². The molecule has 2 atom stereocenters. The number of hydrogen-bond donors (Lipinski definition) is 1. The monoisotopic (exact) mass is 230 g/mol. The van der Waals surface area contributed by atoms with E-state index in [1.54, 1.807) is 0 Å². The molecule has 1 aliphatic rings. The number of hydrogen-bond acceptors (Lipinski definition) is 3. The minimum absolute atomic E-state index is 0.726. The third-order valence-electron chi connectivity index (χ3n) is 3.23. The van der Waals surface area contributed by atoms with Crippen LogP contribution in [0.2, 0.25) is 0 Å². The van der Waals surface area contributed by atoms with Crippen LogP contribution in [0.1, 0.15) is 27.7 Å². The normalized spacial score (nSPS) is 25.8. The SMILES string of the molecule is CCSCC(C)N1CCNCC1C(C)C. The lowest BCUT2D eigenvalue weighted by atomic mass is 9.99. The predicted molar refractivity (Wildman–Crippen MR) is 70.7 cm³/mol. The summed E-state index contributed by atoms with van der Waals surface area (Å²) in [7, 11) is 0. The van der Waals surface area contributed by atoms with Crippen LogP contribution in [0, 0.1) is 5.92 Å². The van der Waals surface area contributed by atoms with Crippen molar-refractivity contribution in [1.82, 2.24) is 10.2 Å². The molecule has 0 aliphatic carbocycles. The number of thioether (sulfide) groups is 1. The Morgan fingerprint density at radius 1 is 1.40 bits per heavy atom. The fourth-order valence-corrected chi connectivity index (χ4v) is 3.06. The van der Waals surface area contributed by atoms with E-state index in [0.717, 1.165) is 24.5 Å². The molecule has 0 aromatic carbocycles. The summed E-state index contributed by atoms with van der Waals surface area (Å²) in [5.74, 6) is 3.27. The molecule has 1 aliphatic heterocycles. The summed E-state index contributed by atoms with van der Waals surface area (Å²) in [5, 5.41) is 3.51. The van der Waals surface area contributed by atoms with Gasteiger partial charge in [-0.05, 0) is 18.6 Å². The second-order valence-corrected chi connectivity index (χ2v) is 6.08. The lowest BCUT2D eigenvalue weighted by Crippen LogP contribution is -2.57. The van der Waals surface area contributed by atoms with Crippen LogP contribution in [-0.2, 0) is 0 Å². The molecule has 3 heteroatoms. The Kier molecular flexibility index (Phi) is 6.02. The molecule has 1 fully saturated rings. The van der Waals surface area contributed by atoms with Crippen LogP contribution in [0.25, 0.3) is 0 Å². The van der Waals surface area contributed by atoms with Gasteiger partial charge in [0.2, 0.25) is 0 Å². The van der Waals surface area contributed by atoms with Gasteiger partial charge in [-0.15, -0.1) is 0 Å². The van der Waals surface area contributed by atoms with Crippen molar-refractivity contribution in [3.63, 3.8) is 0 Å². The van der Waals surface area contributed by atoms with Gasteiger partial charge in [0.05, 0.1) is 0 Å². The Labute approximate surface area is 99.2 Å². The van der Waals surface area contributed by atoms with Crippen molar-refractivity contribution in [2.24, 2.45) is 5.92 Å². The number of rotatable bonds is 5. The highest BCUT2D eigenvalue weighted by Gasteiger charge is 2.27. The van der Waals surface area contributed by atoms with Crippen LogP contribution in [-0.4, -0.2) is 48.1 Å². The molecule has 0 aromatic heterocycles. The second-order valence-electron chi connectivity index (χ2n) is 4.76. The molecule has 1 saturated heterocycles. The smallest absolute Gasteiger partial charge is 0.0247 e. The summed E-state index contributed by atoms with van der Waals surface area (Å²) >= 11 is 2.06. The average molecular weight is 230 g/mol. The van der Waals surface area contributed by atoms with Gasteiger partial charge in [0.25, 0.3) is 0 Å². The Morgan fingerprint density at radius 2 is 2.13 bits per heavy atom. The van der Waals surface area contributed by atoms with E-state index in [-0.39, 0.29) is 0 Å².